The number of aliphatic hydroxyl groups excluding tert-OH is 1. The molecular formula is C13H20ClN3O2. The first-order valence-corrected chi connectivity index (χ1v) is 7.10. The van der Waals surface area contributed by atoms with E-state index in [9.17, 15) is 9.90 Å². The van der Waals surface area contributed by atoms with E-state index in [2.05, 4.69) is 10.4 Å². The van der Waals surface area contributed by atoms with E-state index < -0.39 is 6.10 Å². The van der Waals surface area contributed by atoms with Gasteiger partial charge in [-0.3, -0.25) is 4.79 Å². The number of hydrogen-bond donors (Lipinski definition) is 2. The van der Waals surface area contributed by atoms with Crippen molar-refractivity contribution < 1.29 is 5.11 Å². The van der Waals surface area contributed by atoms with Crippen molar-refractivity contribution in [2.24, 2.45) is 0 Å². The summed E-state index contributed by atoms with van der Waals surface area (Å²) in [6.07, 6.45) is 4.95. The Bertz CT molecular complexity index is 501. The Morgan fingerprint density at radius 1 is 1.47 bits per heavy atom. The molecule has 1 aromatic heterocycles. The second-order valence-corrected chi connectivity index (χ2v) is 5.70. The lowest BCUT2D eigenvalue weighted by Gasteiger charge is -2.29. The summed E-state index contributed by atoms with van der Waals surface area (Å²) < 4.78 is 1.35. The number of aliphatic hydroxyl groups is 1. The summed E-state index contributed by atoms with van der Waals surface area (Å²) in [5.41, 5.74) is 0.210. The van der Waals surface area contributed by atoms with Crippen molar-refractivity contribution >= 4 is 17.3 Å². The Hall–Kier alpha value is -1.07. The molecule has 1 aliphatic carbocycles. The molecule has 19 heavy (non-hydrogen) atoms. The van der Waals surface area contributed by atoms with Crippen LogP contribution >= 0.6 is 11.6 Å². The van der Waals surface area contributed by atoms with Crippen molar-refractivity contribution in [2.75, 3.05) is 5.32 Å². The third-order valence-corrected chi connectivity index (χ3v) is 3.87. The molecule has 0 spiro atoms. The van der Waals surface area contributed by atoms with Crippen LogP contribution in [0.25, 0.3) is 0 Å². The lowest BCUT2D eigenvalue weighted by Crippen LogP contribution is -2.37. The van der Waals surface area contributed by atoms with Crippen LogP contribution in [0.4, 0.5) is 5.69 Å². The van der Waals surface area contributed by atoms with E-state index >= 15 is 0 Å². The number of halogens is 1. The van der Waals surface area contributed by atoms with Crippen molar-refractivity contribution in [3.8, 4) is 0 Å². The molecule has 5 nitrogen and oxygen atoms in total. The summed E-state index contributed by atoms with van der Waals surface area (Å²) in [6.45, 7) is 3.76. The smallest absolute Gasteiger partial charge is 0.287 e. The molecule has 2 atom stereocenters. The third kappa shape index (κ3) is 3.09. The van der Waals surface area contributed by atoms with Gasteiger partial charge in [0.1, 0.15) is 5.02 Å². The zero-order valence-electron chi connectivity index (χ0n) is 11.3. The van der Waals surface area contributed by atoms with Gasteiger partial charge in [-0.05, 0) is 26.7 Å². The first-order chi connectivity index (χ1) is 9.00. The van der Waals surface area contributed by atoms with Gasteiger partial charge in [0.2, 0.25) is 0 Å². The highest BCUT2D eigenvalue weighted by Gasteiger charge is 2.24. The Morgan fingerprint density at radius 2 is 2.16 bits per heavy atom. The van der Waals surface area contributed by atoms with Gasteiger partial charge in [0, 0.05) is 0 Å². The van der Waals surface area contributed by atoms with Crippen molar-refractivity contribution in [2.45, 2.75) is 57.7 Å². The van der Waals surface area contributed by atoms with Crippen LogP contribution in [0.2, 0.25) is 5.02 Å². The maximum absolute atomic E-state index is 12.0. The summed E-state index contributed by atoms with van der Waals surface area (Å²) in [4.78, 5) is 12.0. The highest BCUT2D eigenvalue weighted by molar-refractivity contribution is 6.32. The van der Waals surface area contributed by atoms with Gasteiger partial charge < -0.3 is 10.4 Å². The molecule has 1 heterocycles. The lowest BCUT2D eigenvalue weighted by atomic mass is 9.92. The quantitative estimate of drug-likeness (QED) is 0.893. The standard InChI is InChI=1S/C13H20ClN3O2/c1-8(2)17-13(19)12(14)10(7-15-17)16-9-5-3-4-6-11(9)18/h7-9,11,16,18H,3-6H2,1-2H3. The van der Waals surface area contributed by atoms with Gasteiger partial charge in [0.05, 0.1) is 30.1 Å². The zero-order chi connectivity index (χ0) is 14.0. The molecule has 1 fully saturated rings. The van der Waals surface area contributed by atoms with E-state index in [0.717, 1.165) is 25.7 Å². The summed E-state index contributed by atoms with van der Waals surface area (Å²) in [5.74, 6) is 0. The predicted octanol–water partition coefficient (Wildman–Crippen LogP) is 2.19. The Labute approximate surface area is 117 Å². The van der Waals surface area contributed by atoms with Crippen LogP contribution in [0, 0.1) is 0 Å². The average Bonchev–Trinajstić information content (AvgIpc) is 2.37. The highest BCUT2D eigenvalue weighted by Crippen LogP contribution is 2.24. The molecule has 6 heteroatoms. The molecule has 2 unspecified atom stereocenters. The summed E-state index contributed by atoms with van der Waals surface area (Å²) >= 11 is 6.09. The second kappa shape index (κ2) is 5.92. The molecule has 0 aliphatic heterocycles. The highest BCUT2D eigenvalue weighted by atomic mass is 35.5. The largest absolute Gasteiger partial charge is 0.391 e. The minimum atomic E-state index is -0.391. The molecule has 1 aromatic rings. The summed E-state index contributed by atoms with van der Waals surface area (Å²) in [7, 11) is 0. The molecular weight excluding hydrogens is 266 g/mol. The molecule has 0 saturated heterocycles. The molecule has 2 rings (SSSR count). The van der Waals surface area contributed by atoms with E-state index in [1.54, 1.807) is 6.20 Å². The van der Waals surface area contributed by atoms with Crippen molar-refractivity contribution in [1.29, 1.82) is 0 Å². The van der Waals surface area contributed by atoms with E-state index in [0.29, 0.717) is 5.69 Å². The third-order valence-electron chi connectivity index (χ3n) is 3.50. The number of nitrogens with zero attached hydrogens (tertiary/aromatic N) is 2. The molecule has 2 N–H and O–H groups in total. The molecule has 0 amide bonds. The molecule has 106 valence electrons. The zero-order valence-corrected chi connectivity index (χ0v) is 12.0. The van der Waals surface area contributed by atoms with Crippen LogP contribution in [0.15, 0.2) is 11.0 Å². The topological polar surface area (TPSA) is 67.2 Å². The van der Waals surface area contributed by atoms with E-state index in [1.807, 2.05) is 13.8 Å². The Morgan fingerprint density at radius 3 is 2.79 bits per heavy atom. The lowest BCUT2D eigenvalue weighted by molar-refractivity contribution is 0.116. The van der Waals surface area contributed by atoms with E-state index in [4.69, 9.17) is 11.6 Å². The fourth-order valence-electron chi connectivity index (χ4n) is 2.39. The normalized spacial score (nSPS) is 23.6. The van der Waals surface area contributed by atoms with Gasteiger partial charge in [-0.25, -0.2) is 4.68 Å². The molecule has 1 saturated carbocycles. The van der Waals surface area contributed by atoms with Crippen LogP contribution in [0.3, 0.4) is 0 Å². The van der Waals surface area contributed by atoms with Crippen molar-refractivity contribution in [3.63, 3.8) is 0 Å². The minimum absolute atomic E-state index is 0.0284. The van der Waals surface area contributed by atoms with Crippen molar-refractivity contribution in [1.82, 2.24) is 9.78 Å². The number of nitrogens with one attached hydrogen (secondary N) is 1. The minimum Gasteiger partial charge on any atom is -0.391 e. The summed E-state index contributed by atoms with van der Waals surface area (Å²) in [5, 5.41) is 17.3. The van der Waals surface area contributed by atoms with Crippen LogP contribution in [-0.2, 0) is 0 Å². The fraction of sp³-hybridized carbons (Fsp3) is 0.692. The van der Waals surface area contributed by atoms with Gasteiger partial charge in [-0.15, -0.1) is 0 Å². The van der Waals surface area contributed by atoms with Gasteiger partial charge in [0.15, 0.2) is 0 Å². The summed E-state index contributed by atoms with van der Waals surface area (Å²) in [6, 6.07) is -0.0818. The number of rotatable bonds is 3. The van der Waals surface area contributed by atoms with Crippen LogP contribution in [0.1, 0.15) is 45.6 Å². The maximum atomic E-state index is 12.0. The second-order valence-electron chi connectivity index (χ2n) is 5.32. The number of anilines is 1. The molecule has 1 aliphatic rings. The molecule has 0 radical (unpaired) electrons. The van der Waals surface area contributed by atoms with E-state index in [1.165, 1.54) is 4.68 Å². The maximum Gasteiger partial charge on any atom is 0.287 e. The molecule has 0 bridgehead atoms. The van der Waals surface area contributed by atoms with Gasteiger partial charge in [0.25, 0.3) is 5.56 Å². The van der Waals surface area contributed by atoms with Gasteiger partial charge in [-0.1, -0.05) is 24.4 Å². The number of hydrogen-bond acceptors (Lipinski definition) is 4. The first-order valence-electron chi connectivity index (χ1n) is 6.72. The Kier molecular flexibility index (Phi) is 4.47. The average molecular weight is 286 g/mol. The van der Waals surface area contributed by atoms with Crippen LogP contribution < -0.4 is 10.9 Å². The van der Waals surface area contributed by atoms with Gasteiger partial charge >= 0.3 is 0 Å². The number of aromatic nitrogens is 2. The fourth-order valence-corrected chi connectivity index (χ4v) is 2.58. The monoisotopic (exact) mass is 285 g/mol. The Balaban J connectivity index is 2.21. The molecule has 0 aromatic carbocycles. The van der Waals surface area contributed by atoms with E-state index in [-0.39, 0.29) is 22.7 Å². The van der Waals surface area contributed by atoms with Crippen molar-refractivity contribution in [3.05, 3.63) is 21.6 Å². The predicted molar refractivity (Wildman–Crippen MR) is 75.8 cm³/mol. The van der Waals surface area contributed by atoms with Crippen LogP contribution in [0.5, 0.6) is 0 Å². The van der Waals surface area contributed by atoms with Crippen LogP contribution in [-0.4, -0.2) is 27.0 Å². The first kappa shape index (κ1) is 14.3. The van der Waals surface area contributed by atoms with Gasteiger partial charge in [-0.2, -0.15) is 5.10 Å². The SMILES string of the molecule is CC(C)n1ncc(NC2CCCCC2O)c(Cl)c1=O.